The number of hydrogen-bond acceptors (Lipinski definition) is 11. The van der Waals surface area contributed by atoms with E-state index in [1.54, 1.807) is 13.8 Å². The van der Waals surface area contributed by atoms with Gasteiger partial charge in [-0.2, -0.15) is 4.68 Å². The van der Waals surface area contributed by atoms with Crippen LogP contribution in [0.4, 0.5) is 5.82 Å². The quantitative estimate of drug-likeness (QED) is 0.204. The van der Waals surface area contributed by atoms with Crippen LogP contribution in [0.25, 0.3) is 0 Å². The number of nitro groups is 1. The van der Waals surface area contributed by atoms with Crippen molar-refractivity contribution in [3.05, 3.63) is 38.2 Å². The maximum atomic E-state index is 12.9. The van der Waals surface area contributed by atoms with Crippen LogP contribution >= 0.6 is 34.9 Å². The smallest absolute Gasteiger partial charge is 0.390 e. The Bertz CT molecular complexity index is 1240. The zero-order valence-electron chi connectivity index (χ0n) is 18.8. The standard InChI is InChI=1S/C19H21N7O6S3/c1-8(5-24-9(2)4-12(23-24)26(31)32)15(27)20-13-16(28)25-14(18(29)30)11(6-33-17(13)25)7-34-19-22-21-10(3)35-19/h4,8,13,17H,5-7H2,1-3H3,(H,20,27)(H,29,30). The Labute approximate surface area is 211 Å². The number of nitrogens with zero attached hydrogens (tertiary/aromatic N) is 6. The van der Waals surface area contributed by atoms with Gasteiger partial charge in [0.05, 0.1) is 29.3 Å². The lowest BCUT2D eigenvalue weighted by molar-refractivity contribution is -0.389. The van der Waals surface area contributed by atoms with Crippen molar-refractivity contribution >= 4 is 58.5 Å². The van der Waals surface area contributed by atoms with E-state index in [4.69, 9.17) is 0 Å². The van der Waals surface area contributed by atoms with Crippen molar-refractivity contribution in [3.8, 4) is 0 Å². The van der Waals surface area contributed by atoms with Crippen LogP contribution in [0.1, 0.15) is 17.6 Å². The van der Waals surface area contributed by atoms with Gasteiger partial charge in [-0.3, -0.25) is 14.5 Å². The Balaban J connectivity index is 1.40. The molecule has 3 unspecified atom stereocenters. The predicted octanol–water partition coefficient (Wildman–Crippen LogP) is 1.43. The van der Waals surface area contributed by atoms with Crippen LogP contribution in [0.15, 0.2) is 21.7 Å². The molecule has 2 aromatic rings. The van der Waals surface area contributed by atoms with Gasteiger partial charge >= 0.3 is 11.8 Å². The van der Waals surface area contributed by atoms with Gasteiger partial charge in [0.15, 0.2) is 4.34 Å². The molecule has 2 aromatic heterocycles. The van der Waals surface area contributed by atoms with E-state index in [0.29, 0.717) is 22.8 Å². The molecular formula is C19H21N7O6S3. The molecule has 0 bridgehead atoms. The Morgan fingerprint density at radius 3 is 2.74 bits per heavy atom. The summed E-state index contributed by atoms with van der Waals surface area (Å²) < 4.78 is 2.10. The lowest BCUT2D eigenvalue weighted by Gasteiger charge is -2.49. The average molecular weight is 540 g/mol. The molecule has 186 valence electrons. The van der Waals surface area contributed by atoms with E-state index in [9.17, 15) is 29.6 Å². The van der Waals surface area contributed by atoms with E-state index in [0.717, 1.165) is 9.35 Å². The summed E-state index contributed by atoms with van der Waals surface area (Å²) in [6, 6.07) is 0.468. The van der Waals surface area contributed by atoms with E-state index < -0.39 is 40.0 Å². The molecule has 0 saturated carbocycles. The largest absolute Gasteiger partial charge is 0.477 e. The molecule has 4 heterocycles. The number of aliphatic carboxylic acids is 1. The minimum absolute atomic E-state index is 0.0505. The van der Waals surface area contributed by atoms with Crippen molar-refractivity contribution in [2.24, 2.45) is 5.92 Å². The van der Waals surface area contributed by atoms with Gasteiger partial charge in [-0.25, -0.2) is 4.79 Å². The molecule has 13 nitrogen and oxygen atoms in total. The van der Waals surface area contributed by atoms with Crippen molar-refractivity contribution < 1.29 is 24.4 Å². The maximum absolute atomic E-state index is 12.9. The fraction of sp³-hybridized carbons (Fsp3) is 0.474. The summed E-state index contributed by atoms with van der Waals surface area (Å²) in [5.41, 5.74) is 1.10. The number of aromatic nitrogens is 4. The average Bonchev–Trinajstić information content (AvgIpc) is 3.39. The number of aryl methyl sites for hydroxylation is 2. The second-order valence-corrected chi connectivity index (χ2v) is 11.5. The van der Waals surface area contributed by atoms with Crippen LogP contribution < -0.4 is 5.32 Å². The van der Waals surface area contributed by atoms with Crippen LogP contribution in [-0.2, 0) is 20.9 Å². The molecule has 0 aliphatic carbocycles. The highest BCUT2D eigenvalue weighted by atomic mass is 32.2. The molecule has 0 radical (unpaired) electrons. The lowest BCUT2D eigenvalue weighted by Crippen LogP contribution is -2.71. The van der Waals surface area contributed by atoms with E-state index >= 15 is 0 Å². The highest BCUT2D eigenvalue weighted by Gasteiger charge is 2.54. The van der Waals surface area contributed by atoms with Crippen LogP contribution in [-0.4, -0.2) is 75.6 Å². The summed E-state index contributed by atoms with van der Waals surface area (Å²) in [6.07, 6.45) is 0. The van der Waals surface area contributed by atoms with Crippen LogP contribution in [0.3, 0.4) is 0 Å². The first kappa shape index (κ1) is 25.1. The SMILES string of the molecule is Cc1nnc(SCC2=C(C(=O)O)N3C(=O)C(NC(=O)C(C)Cn4nc([N+](=O)[O-])cc4C)C3SC2)s1. The van der Waals surface area contributed by atoms with Gasteiger partial charge in [-0.15, -0.1) is 22.0 Å². The Kier molecular flexibility index (Phi) is 7.14. The van der Waals surface area contributed by atoms with Crippen molar-refractivity contribution in [1.29, 1.82) is 0 Å². The molecule has 1 fully saturated rings. The summed E-state index contributed by atoms with van der Waals surface area (Å²) in [5.74, 6) is -2.26. The van der Waals surface area contributed by atoms with E-state index in [2.05, 4.69) is 20.6 Å². The summed E-state index contributed by atoms with van der Waals surface area (Å²) in [7, 11) is 0. The molecule has 2 aliphatic rings. The Morgan fingerprint density at radius 2 is 2.14 bits per heavy atom. The first-order valence-electron chi connectivity index (χ1n) is 10.4. The van der Waals surface area contributed by atoms with Gasteiger partial charge in [-0.1, -0.05) is 30.0 Å². The number of nitrogens with one attached hydrogen (secondary N) is 1. The molecular weight excluding hydrogens is 518 g/mol. The molecule has 0 aromatic carbocycles. The molecule has 0 spiro atoms. The van der Waals surface area contributed by atoms with Gasteiger partial charge < -0.3 is 20.5 Å². The molecule has 4 rings (SSSR count). The fourth-order valence-corrected chi connectivity index (χ4v) is 6.99. The zero-order valence-corrected chi connectivity index (χ0v) is 21.3. The van der Waals surface area contributed by atoms with E-state index in [-0.39, 0.29) is 18.1 Å². The summed E-state index contributed by atoms with van der Waals surface area (Å²) >= 11 is 4.17. The molecule has 3 atom stereocenters. The van der Waals surface area contributed by atoms with Crippen molar-refractivity contribution in [3.63, 3.8) is 0 Å². The first-order chi connectivity index (χ1) is 16.6. The lowest BCUT2D eigenvalue weighted by atomic mass is 10.0. The van der Waals surface area contributed by atoms with Crippen molar-refractivity contribution in [2.75, 3.05) is 11.5 Å². The molecule has 2 aliphatic heterocycles. The minimum atomic E-state index is -1.19. The Hall–Kier alpha value is -2.98. The second-order valence-electron chi connectivity index (χ2n) is 8.01. The number of β-lactam (4-membered cyclic amide) rings is 1. The molecule has 2 amide bonds. The molecule has 1 saturated heterocycles. The van der Waals surface area contributed by atoms with Gasteiger partial charge in [0.1, 0.15) is 22.1 Å². The highest BCUT2D eigenvalue weighted by Crippen LogP contribution is 2.41. The van der Waals surface area contributed by atoms with Gasteiger partial charge in [0.2, 0.25) is 5.91 Å². The molecule has 2 N–H and O–H groups in total. The Morgan fingerprint density at radius 1 is 1.40 bits per heavy atom. The van der Waals surface area contributed by atoms with Gasteiger partial charge in [-0.05, 0) is 24.3 Å². The van der Waals surface area contributed by atoms with Crippen LogP contribution in [0.5, 0.6) is 0 Å². The number of hydrogen-bond donors (Lipinski definition) is 2. The second kappa shape index (κ2) is 9.94. The monoisotopic (exact) mass is 539 g/mol. The minimum Gasteiger partial charge on any atom is -0.477 e. The number of amides is 2. The van der Waals surface area contributed by atoms with Gasteiger partial charge in [0, 0.05) is 11.5 Å². The van der Waals surface area contributed by atoms with Crippen LogP contribution in [0, 0.1) is 29.9 Å². The number of fused-ring (bicyclic) bond motifs is 1. The summed E-state index contributed by atoms with van der Waals surface area (Å²) in [5, 5.41) is 35.6. The van der Waals surface area contributed by atoms with Crippen molar-refractivity contribution in [1.82, 2.24) is 30.2 Å². The summed E-state index contributed by atoms with van der Waals surface area (Å²) in [4.78, 5) is 49.2. The number of thioether (sulfide) groups is 2. The number of carbonyl (C=O) groups is 3. The number of carbonyl (C=O) groups excluding carboxylic acids is 2. The third-order valence-electron chi connectivity index (χ3n) is 5.47. The molecule has 35 heavy (non-hydrogen) atoms. The normalized spacial score (nSPS) is 20.3. The topological polar surface area (TPSA) is 173 Å². The molecule has 16 heteroatoms. The van der Waals surface area contributed by atoms with Crippen LogP contribution in [0.2, 0.25) is 0 Å². The summed E-state index contributed by atoms with van der Waals surface area (Å²) in [6.45, 7) is 5.21. The first-order valence-corrected chi connectivity index (χ1v) is 13.2. The maximum Gasteiger partial charge on any atom is 0.390 e. The number of carboxylic acid groups (broad SMARTS) is 1. The van der Waals surface area contributed by atoms with Crippen molar-refractivity contribution in [2.45, 2.75) is 43.1 Å². The van der Waals surface area contributed by atoms with Gasteiger partial charge in [0.25, 0.3) is 5.91 Å². The third-order valence-corrected chi connectivity index (χ3v) is 8.87. The number of rotatable bonds is 9. The number of carboxylic acids is 1. The zero-order chi connectivity index (χ0) is 25.4. The fourth-order valence-electron chi connectivity index (χ4n) is 3.68. The van der Waals surface area contributed by atoms with E-state index in [1.807, 2.05) is 6.92 Å². The van der Waals surface area contributed by atoms with E-state index in [1.165, 1.54) is 50.5 Å². The third kappa shape index (κ3) is 5.04. The highest BCUT2D eigenvalue weighted by molar-refractivity contribution is 8.01. The predicted molar refractivity (Wildman–Crippen MR) is 128 cm³/mol.